The summed E-state index contributed by atoms with van der Waals surface area (Å²) >= 11 is 0. The fourth-order valence-corrected chi connectivity index (χ4v) is 1.92. The minimum atomic E-state index is -4.34. The van der Waals surface area contributed by atoms with Gasteiger partial charge in [-0.3, -0.25) is 4.79 Å². The lowest BCUT2D eigenvalue weighted by Crippen LogP contribution is -2.08. The highest BCUT2D eigenvalue weighted by Gasteiger charge is 2.30. The normalized spacial score (nSPS) is 11.6. The highest BCUT2D eigenvalue weighted by atomic mass is 19.4. The first-order chi connectivity index (χ1) is 8.79. The number of pyridine rings is 1. The maximum absolute atomic E-state index is 12.6. The maximum Gasteiger partial charge on any atom is 0.416 e. The van der Waals surface area contributed by atoms with E-state index >= 15 is 0 Å². The smallest absolute Gasteiger partial charge is 0.328 e. The van der Waals surface area contributed by atoms with Crippen LogP contribution in [0.1, 0.15) is 16.7 Å². The lowest BCUT2D eigenvalue weighted by atomic mass is 9.99. The van der Waals surface area contributed by atoms with Crippen LogP contribution in [0.2, 0.25) is 0 Å². The van der Waals surface area contributed by atoms with Gasteiger partial charge in [0.25, 0.3) is 5.56 Å². The molecule has 0 atom stereocenters. The second-order valence-corrected chi connectivity index (χ2v) is 4.43. The average Bonchev–Trinajstić information content (AvgIpc) is 2.31. The van der Waals surface area contributed by atoms with Gasteiger partial charge in [0.15, 0.2) is 0 Å². The van der Waals surface area contributed by atoms with E-state index in [4.69, 9.17) is 0 Å². The average molecular weight is 267 g/mol. The molecule has 0 aliphatic rings. The molecular weight excluding hydrogens is 255 g/mol. The standard InChI is InChI=1S/C14H12F3NO/c1-8-6-11(14(15,16)17)3-4-12(8)10-5-9(2)13(19)18-7-10/h3-7H,1-2H3,(H,18,19). The molecule has 0 amide bonds. The van der Waals surface area contributed by atoms with Crippen LogP contribution in [-0.4, -0.2) is 4.98 Å². The van der Waals surface area contributed by atoms with Crippen LogP contribution in [0.5, 0.6) is 0 Å². The van der Waals surface area contributed by atoms with Crippen LogP contribution in [0.3, 0.4) is 0 Å². The van der Waals surface area contributed by atoms with Gasteiger partial charge in [-0.05, 0) is 48.7 Å². The second-order valence-electron chi connectivity index (χ2n) is 4.43. The number of hydrogen-bond donors (Lipinski definition) is 1. The van der Waals surface area contributed by atoms with Crippen molar-refractivity contribution in [3.8, 4) is 11.1 Å². The third-order valence-corrected chi connectivity index (χ3v) is 2.95. The van der Waals surface area contributed by atoms with Crippen molar-refractivity contribution in [3.63, 3.8) is 0 Å². The largest absolute Gasteiger partial charge is 0.416 e. The molecule has 0 aliphatic heterocycles. The van der Waals surface area contributed by atoms with Crippen molar-refractivity contribution < 1.29 is 13.2 Å². The van der Waals surface area contributed by atoms with Gasteiger partial charge in [-0.1, -0.05) is 6.07 Å². The highest BCUT2D eigenvalue weighted by Crippen LogP contribution is 2.32. The van der Waals surface area contributed by atoms with E-state index in [0.717, 1.165) is 12.1 Å². The summed E-state index contributed by atoms with van der Waals surface area (Å²) in [5.74, 6) is 0. The van der Waals surface area contributed by atoms with Crippen LogP contribution < -0.4 is 5.56 Å². The van der Waals surface area contributed by atoms with Crippen LogP contribution in [0.4, 0.5) is 13.2 Å². The summed E-state index contributed by atoms with van der Waals surface area (Å²) in [6.07, 6.45) is -2.84. The number of benzene rings is 1. The van der Waals surface area contributed by atoms with Crippen molar-refractivity contribution >= 4 is 0 Å². The predicted molar refractivity (Wildman–Crippen MR) is 67.0 cm³/mol. The summed E-state index contributed by atoms with van der Waals surface area (Å²) in [5.41, 5.74) is 1.54. The molecule has 2 aromatic rings. The Morgan fingerprint density at radius 3 is 2.26 bits per heavy atom. The van der Waals surface area contributed by atoms with Crippen molar-refractivity contribution in [2.24, 2.45) is 0 Å². The number of rotatable bonds is 1. The lowest BCUT2D eigenvalue weighted by Gasteiger charge is -2.11. The topological polar surface area (TPSA) is 32.9 Å². The molecule has 1 heterocycles. The maximum atomic E-state index is 12.6. The van der Waals surface area contributed by atoms with Crippen LogP contribution in [0.25, 0.3) is 11.1 Å². The van der Waals surface area contributed by atoms with Crippen molar-refractivity contribution in [1.29, 1.82) is 0 Å². The molecule has 0 unspecified atom stereocenters. The van der Waals surface area contributed by atoms with Crippen molar-refractivity contribution in [2.45, 2.75) is 20.0 Å². The summed E-state index contributed by atoms with van der Waals surface area (Å²) in [6.45, 7) is 3.27. The van der Waals surface area contributed by atoms with Gasteiger partial charge in [-0.2, -0.15) is 13.2 Å². The monoisotopic (exact) mass is 267 g/mol. The van der Waals surface area contributed by atoms with E-state index in [0.29, 0.717) is 22.3 Å². The summed E-state index contributed by atoms with van der Waals surface area (Å²) in [7, 11) is 0. The predicted octanol–water partition coefficient (Wildman–Crippen LogP) is 3.68. The SMILES string of the molecule is Cc1cc(C(F)(F)F)ccc1-c1c[nH]c(=O)c(C)c1. The molecule has 0 bridgehead atoms. The van der Waals surface area contributed by atoms with Crippen molar-refractivity contribution in [2.75, 3.05) is 0 Å². The molecule has 100 valence electrons. The number of aryl methyl sites for hydroxylation is 2. The zero-order chi connectivity index (χ0) is 14.2. The van der Waals surface area contributed by atoms with Crippen LogP contribution in [0, 0.1) is 13.8 Å². The molecule has 2 nitrogen and oxygen atoms in total. The first kappa shape index (κ1) is 13.4. The minimum Gasteiger partial charge on any atom is -0.328 e. The summed E-state index contributed by atoms with van der Waals surface area (Å²) < 4.78 is 37.7. The first-order valence-electron chi connectivity index (χ1n) is 5.66. The van der Waals surface area contributed by atoms with Gasteiger partial charge < -0.3 is 4.98 Å². The molecular formula is C14H12F3NO. The Morgan fingerprint density at radius 1 is 1.05 bits per heavy atom. The van der Waals surface area contributed by atoms with E-state index in [1.165, 1.54) is 12.3 Å². The number of alkyl halides is 3. The molecule has 0 saturated heterocycles. The zero-order valence-corrected chi connectivity index (χ0v) is 10.4. The molecule has 0 spiro atoms. The van der Waals surface area contributed by atoms with E-state index in [1.54, 1.807) is 19.9 Å². The first-order valence-corrected chi connectivity index (χ1v) is 5.66. The summed E-state index contributed by atoms with van der Waals surface area (Å²) in [6, 6.07) is 5.23. The Bertz CT molecular complexity index is 671. The van der Waals surface area contributed by atoms with Crippen molar-refractivity contribution in [1.82, 2.24) is 4.98 Å². The third-order valence-electron chi connectivity index (χ3n) is 2.95. The Balaban J connectivity index is 2.52. The number of nitrogens with one attached hydrogen (secondary N) is 1. The van der Waals surface area contributed by atoms with Crippen LogP contribution in [0.15, 0.2) is 35.3 Å². The molecule has 0 fully saturated rings. The molecule has 0 radical (unpaired) electrons. The molecule has 0 aliphatic carbocycles. The van der Waals surface area contributed by atoms with Gasteiger partial charge in [0.2, 0.25) is 0 Å². The number of aromatic amines is 1. The Labute approximate surface area is 107 Å². The van der Waals surface area contributed by atoms with Crippen LogP contribution in [-0.2, 0) is 6.18 Å². The molecule has 1 aromatic heterocycles. The Morgan fingerprint density at radius 2 is 1.74 bits per heavy atom. The molecule has 5 heteroatoms. The molecule has 1 aromatic carbocycles. The van der Waals surface area contributed by atoms with Crippen LogP contribution >= 0.6 is 0 Å². The van der Waals surface area contributed by atoms with Gasteiger partial charge in [0.05, 0.1) is 5.56 Å². The molecule has 0 saturated carbocycles. The quantitative estimate of drug-likeness (QED) is 0.840. The number of aromatic nitrogens is 1. The van der Waals surface area contributed by atoms with E-state index in [-0.39, 0.29) is 5.56 Å². The third kappa shape index (κ3) is 2.70. The highest BCUT2D eigenvalue weighted by molar-refractivity contribution is 5.67. The number of H-pyrrole nitrogens is 1. The number of halogens is 3. The van der Waals surface area contributed by atoms with Gasteiger partial charge in [-0.15, -0.1) is 0 Å². The summed E-state index contributed by atoms with van der Waals surface area (Å²) in [4.78, 5) is 13.8. The Kier molecular flexibility index (Phi) is 3.22. The fourth-order valence-electron chi connectivity index (χ4n) is 1.92. The lowest BCUT2D eigenvalue weighted by molar-refractivity contribution is -0.137. The zero-order valence-electron chi connectivity index (χ0n) is 10.4. The fraction of sp³-hybridized carbons (Fsp3) is 0.214. The second kappa shape index (κ2) is 4.57. The van der Waals surface area contributed by atoms with E-state index in [9.17, 15) is 18.0 Å². The van der Waals surface area contributed by atoms with E-state index in [2.05, 4.69) is 4.98 Å². The van der Waals surface area contributed by atoms with Gasteiger partial charge >= 0.3 is 6.18 Å². The molecule has 19 heavy (non-hydrogen) atoms. The van der Waals surface area contributed by atoms with Crippen molar-refractivity contribution in [3.05, 3.63) is 57.5 Å². The van der Waals surface area contributed by atoms with E-state index in [1.807, 2.05) is 0 Å². The van der Waals surface area contributed by atoms with Gasteiger partial charge in [-0.25, -0.2) is 0 Å². The minimum absolute atomic E-state index is 0.201. The molecule has 1 N–H and O–H groups in total. The number of hydrogen-bond acceptors (Lipinski definition) is 1. The van der Waals surface area contributed by atoms with Gasteiger partial charge in [0.1, 0.15) is 0 Å². The van der Waals surface area contributed by atoms with Gasteiger partial charge in [0, 0.05) is 11.8 Å². The molecule has 2 rings (SSSR count). The summed E-state index contributed by atoms with van der Waals surface area (Å²) in [5, 5.41) is 0. The van der Waals surface area contributed by atoms with E-state index < -0.39 is 11.7 Å². The Hall–Kier alpha value is -2.04.